The average Bonchev–Trinajstić information content (AvgIpc) is 2.42. The monoisotopic (exact) mass is 275 g/mol. The summed E-state index contributed by atoms with van der Waals surface area (Å²) in [7, 11) is -1.35. The van der Waals surface area contributed by atoms with Gasteiger partial charge in [0.05, 0.1) is 0 Å². The molecule has 2 aromatic rings. The number of aryl methyl sites for hydroxylation is 1. The number of nitrogens with two attached hydrogens (primary N) is 1. The Bertz CT molecular complexity index is 593. The summed E-state index contributed by atoms with van der Waals surface area (Å²) in [5, 5.41) is 4.91. The van der Waals surface area contributed by atoms with Crippen molar-refractivity contribution in [3.8, 4) is 0 Å². The Labute approximate surface area is 114 Å². The highest BCUT2D eigenvalue weighted by atomic mass is 32.2. The Morgan fingerprint density at radius 1 is 1.11 bits per heavy atom. The maximum atomic E-state index is 12.9. The van der Waals surface area contributed by atoms with Crippen molar-refractivity contribution in [1.82, 2.24) is 0 Å². The molecule has 2 unspecified atom stereocenters. The first-order valence-corrected chi connectivity index (χ1v) is 7.02. The third kappa shape index (κ3) is 3.15. The molecule has 19 heavy (non-hydrogen) atoms. The minimum Gasteiger partial charge on any atom is -0.437 e. The Morgan fingerprint density at radius 2 is 1.68 bits per heavy atom. The first-order chi connectivity index (χ1) is 9.11. The van der Waals surface area contributed by atoms with E-state index in [0.717, 1.165) is 5.56 Å². The highest BCUT2D eigenvalue weighted by Crippen LogP contribution is 2.23. The minimum absolute atomic E-state index is 0.333. The second-order valence-electron chi connectivity index (χ2n) is 4.21. The van der Waals surface area contributed by atoms with Gasteiger partial charge in [0.1, 0.15) is 5.82 Å². The second-order valence-corrected chi connectivity index (χ2v) is 5.75. The zero-order valence-electron chi connectivity index (χ0n) is 10.5. The fourth-order valence-electron chi connectivity index (χ4n) is 1.73. The molecule has 0 heterocycles. The van der Waals surface area contributed by atoms with Crippen LogP contribution in [0.5, 0.6) is 0 Å². The molecule has 98 valence electrons. The molecule has 0 saturated heterocycles. The van der Waals surface area contributed by atoms with Gasteiger partial charge < -0.3 is 5.41 Å². The van der Waals surface area contributed by atoms with Gasteiger partial charge in [-0.3, -0.25) is 4.21 Å². The lowest BCUT2D eigenvalue weighted by atomic mass is 10.1. The highest BCUT2D eigenvalue weighted by Gasteiger charge is 2.12. The summed E-state index contributed by atoms with van der Waals surface area (Å²) < 4.78 is 25.3. The fourth-order valence-corrected chi connectivity index (χ4v) is 2.93. The molecule has 0 radical (unpaired) electrons. The molecule has 2 atom stereocenters. The van der Waals surface area contributed by atoms with E-state index in [1.54, 1.807) is 24.3 Å². The van der Waals surface area contributed by atoms with Gasteiger partial charge in [0.2, 0.25) is 0 Å². The van der Waals surface area contributed by atoms with Gasteiger partial charge in [-0.25, -0.2) is 4.39 Å². The second kappa shape index (κ2) is 5.89. The van der Waals surface area contributed by atoms with Gasteiger partial charge in [-0.1, -0.05) is 35.4 Å². The van der Waals surface area contributed by atoms with E-state index in [1.165, 1.54) is 12.1 Å². The van der Waals surface area contributed by atoms with E-state index in [2.05, 4.69) is 6.21 Å². The normalized spacial score (nSPS) is 13.8. The molecule has 0 saturated carbocycles. The molecule has 0 amide bonds. The van der Waals surface area contributed by atoms with Gasteiger partial charge in [-0.2, -0.15) is 6.21 Å². The van der Waals surface area contributed by atoms with Crippen molar-refractivity contribution in [3.05, 3.63) is 65.5 Å². The predicted molar refractivity (Wildman–Crippen MR) is 73.7 cm³/mol. The van der Waals surface area contributed by atoms with Crippen molar-refractivity contribution in [2.45, 2.75) is 17.1 Å². The van der Waals surface area contributed by atoms with E-state index >= 15 is 0 Å². The molecule has 0 aliphatic rings. The predicted octanol–water partition coefficient (Wildman–Crippen LogP) is 1.69. The van der Waals surface area contributed by atoms with Crippen LogP contribution in [0.4, 0.5) is 4.39 Å². The summed E-state index contributed by atoms with van der Waals surface area (Å²) in [6, 6.07) is 13.2. The third-order valence-electron chi connectivity index (χ3n) is 2.79. The molecule has 2 N–H and O–H groups in total. The zero-order chi connectivity index (χ0) is 13.8. The van der Waals surface area contributed by atoms with Crippen molar-refractivity contribution in [2.24, 2.45) is 0 Å². The van der Waals surface area contributed by atoms with Crippen LogP contribution in [0.1, 0.15) is 16.4 Å². The Kier molecular flexibility index (Phi) is 4.22. The van der Waals surface area contributed by atoms with E-state index in [1.807, 2.05) is 19.1 Å². The van der Waals surface area contributed by atoms with Crippen molar-refractivity contribution in [1.29, 1.82) is 0 Å². The van der Waals surface area contributed by atoms with Crippen LogP contribution in [0.15, 0.2) is 53.4 Å². The molecule has 4 heteroatoms. The standard InChI is InChI=1S/C15H14FNOS/c1-11-2-8-14(9-3-11)19(18)15(10-17)12-4-6-13(16)7-5-12/h2-9,15H,17H2,1H3. The number of benzene rings is 2. The number of hydrogen-bond acceptors (Lipinski definition) is 1. The van der Waals surface area contributed by atoms with Crippen LogP contribution in [0, 0.1) is 12.7 Å². The maximum absolute atomic E-state index is 12.9. The highest BCUT2D eigenvalue weighted by molar-refractivity contribution is 7.86. The summed E-state index contributed by atoms with van der Waals surface area (Å²) in [5.41, 5.74) is 1.78. The molecule has 0 aliphatic carbocycles. The lowest BCUT2D eigenvalue weighted by Gasteiger charge is -2.17. The van der Waals surface area contributed by atoms with Crippen molar-refractivity contribution >= 4 is 17.0 Å². The SMILES string of the molecule is Cc1ccc(S(=O)C([C-]=[NH2+])c2ccc(F)cc2)cc1. The van der Waals surface area contributed by atoms with Crippen LogP contribution in [-0.4, -0.2) is 10.4 Å². The van der Waals surface area contributed by atoms with Crippen molar-refractivity contribution in [3.63, 3.8) is 0 Å². The van der Waals surface area contributed by atoms with E-state index in [0.29, 0.717) is 10.5 Å². The van der Waals surface area contributed by atoms with Gasteiger partial charge in [0.15, 0.2) is 0 Å². The van der Waals surface area contributed by atoms with Gasteiger partial charge in [0.25, 0.3) is 0 Å². The lowest BCUT2D eigenvalue weighted by Crippen LogP contribution is -2.34. The maximum Gasteiger partial charge on any atom is 0.123 e. The molecule has 0 bridgehead atoms. The molecule has 2 nitrogen and oxygen atoms in total. The smallest absolute Gasteiger partial charge is 0.123 e. The van der Waals surface area contributed by atoms with Crippen LogP contribution in [0.3, 0.4) is 0 Å². The molecule has 0 aromatic heterocycles. The van der Waals surface area contributed by atoms with Crippen molar-refractivity contribution in [2.75, 3.05) is 0 Å². The molecule has 0 fully saturated rings. The minimum atomic E-state index is -1.35. The van der Waals surface area contributed by atoms with E-state index < -0.39 is 16.0 Å². The zero-order valence-corrected chi connectivity index (χ0v) is 11.3. The lowest BCUT2D eigenvalue weighted by molar-refractivity contribution is -0.107. The van der Waals surface area contributed by atoms with Crippen LogP contribution in [0.2, 0.25) is 0 Å². The van der Waals surface area contributed by atoms with E-state index in [4.69, 9.17) is 5.41 Å². The largest absolute Gasteiger partial charge is 0.437 e. The first kappa shape index (κ1) is 13.6. The molecule has 0 aliphatic heterocycles. The molecular formula is C15H14FNOS. The van der Waals surface area contributed by atoms with E-state index in [9.17, 15) is 8.60 Å². The molecule has 0 spiro atoms. The number of hydrogen-bond donors (Lipinski definition) is 1. The fraction of sp³-hybridized carbons (Fsp3) is 0.133. The molecule has 2 rings (SSSR count). The number of halogens is 1. The van der Waals surface area contributed by atoms with Crippen LogP contribution in [-0.2, 0) is 10.8 Å². The summed E-state index contributed by atoms with van der Waals surface area (Å²) in [6.45, 7) is 1.96. The Morgan fingerprint density at radius 3 is 2.21 bits per heavy atom. The van der Waals surface area contributed by atoms with Crippen molar-refractivity contribution < 1.29 is 14.0 Å². The quantitative estimate of drug-likeness (QED) is 0.669. The van der Waals surface area contributed by atoms with Crippen LogP contribution in [0.25, 0.3) is 0 Å². The summed E-state index contributed by atoms with van der Waals surface area (Å²) in [4.78, 5) is 0.679. The van der Waals surface area contributed by atoms with Crippen LogP contribution < -0.4 is 5.41 Å². The number of rotatable bonds is 4. The summed E-state index contributed by atoms with van der Waals surface area (Å²) in [6.07, 6.45) is 2.53. The van der Waals surface area contributed by atoms with Gasteiger partial charge in [0, 0.05) is 15.7 Å². The third-order valence-corrected chi connectivity index (χ3v) is 4.36. The van der Waals surface area contributed by atoms with Gasteiger partial charge in [-0.15, -0.1) is 0 Å². The summed E-state index contributed by atoms with van der Waals surface area (Å²) in [5.74, 6) is -0.333. The molecule has 2 aromatic carbocycles. The average molecular weight is 275 g/mol. The van der Waals surface area contributed by atoms with E-state index in [-0.39, 0.29) is 5.82 Å². The molecular weight excluding hydrogens is 261 g/mol. The Balaban J connectivity index is 2.31. The first-order valence-electron chi connectivity index (χ1n) is 5.80. The summed E-state index contributed by atoms with van der Waals surface area (Å²) >= 11 is 0. The topological polar surface area (TPSA) is 42.7 Å². The van der Waals surface area contributed by atoms with Gasteiger partial charge in [-0.05, 0) is 36.4 Å². The van der Waals surface area contributed by atoms with Gasteiger partial charge >= 0.3 is 0 Å². The van der Waals surface area contributed by atoms with Crippen LogP contribution >= 0.6 is 0 Å². The Hall–Kier alpha value is -1.81.